The van der Waals surface area contributed by atoms with Crippen LogP contribution < -0.4 is 0 Å². The van der Waals surface area contributed by atoms with Gasteiger partial charge in [-0.25, -0.2) is 0 Å². The van der Waals surface area contributed by atoms with Crippen molar-refractivity contribution >= 4 is 33.5 Å². The standard InChI is InChI=1S/C10H5ClN2O/c11-10-9-7(5-12-13-10)6-3-1-2-4-8(6)14-9/h1-5H. The van der Waals surface area contributed by atoms with Crippen molar-refractivity contribution in [2.45, 2.75) is 0 Å². The van der Waals surface area contributed by atoms with Crippen LogP contribution in [0.3, 0.4) is 0 Å². The van der Waals surface area contributed by atoms with Crippen molar-refractivity contribution in [3.8, 4) is 0 Å². The maximum atomic E-state index is 5.86. The van der Waals surface area contributed by atoms with Gasteiger partial charge < -0.3 is 4.42 Å². The summed E-state index contributed by atoms with van der Waals surface area (Å²) >= 11 is 5.86. The van der Waals surface area contributed by atoms with E-state index in [4.69, 9.17) is 16.0 Å². The lowest BCUT2D eigenvalue weighted by Gasteiger charge is -1.87. The molecule has 0 spiro atoms. The van der Waals surface area contributed by atoms with Crippen LogP contribution in [0, 0.1) is 0 Å². The molecule has 2 heterocycles. The van der Waals surface area contributed by atoms with E-state index in [1.165, 1.54) is 0 Å². The number of furan rings is 1. The molecular formula is C10H5ClN2O. The Bertz CT molecular complexity index is 618. The zero-order valence-corrected chi connectivity index (χ0v) is 7.82. The first-order chi connectivity index (χ1) is 6.86. The lowest BCUT2D eigenvalue weighted by atomic mass is 10.2. The van der Waals surface area contributed by atoms with Gasteiger partial charge in [0.05, 0.1) is 11.6 Å². The quantitative estimate of drug-likeness (QED) is 0.565. The van der Waals surface area contributed by atoms with Crippen LogP contribution in [0.4, 0.5) is 0 Å². The van der Waals surface area contributed by atoms with Crippen LogP contribution in [0.2, 0.25) is 5.15 Å². The fourth-order valence-corrected chi connectivity index (χ4v) is 1.71. The highest BCUT2D eigenvalue weighted by atomic mass is 35.5. The third-order valence-electron chi connectivity index (χ3n) is 2.15. The molecule has 0 N–H and O–H groups in total. The third-order valence-corrected chi connectivity index (χ3v) is 2.40. The van der Waals surface area contributed by atoms with Crippen LogP contribution in [-0.2, 0) is 0 Å². The minimum absolute atomic E-state index is 0.304. The number of hydrogen-bond acceptors (Lipinski definition) is 3. The summed E-state index contributed by atoms with van der Waals surface area (Å²) in [5.74, 6) is 0. The highest BCUT2D eigenvalue weighted by Gasteiger charge is 2.09. The predicted molar refractivity (Wildman–Crippen MR) is 54.3 cm³/mol. The Morgan fingerprint density at radius 1 is 1.14 bits per heavy atom. The van der Waals surface area contributed by atoms with Gasteiger partial charge in [0, 0.05) is 5.39 Å². The first-order valence-electron chi connectivity index (χ1n) is 4.15. The number of para-hydroxylation sites is 1. The molecule has 0 aliphatic heterocycles. The van der Waals surface area contributed by atoms with E-state index in [9.17, 15) is 0 Å². The van der Waals surface area contributed by atoms with Crippen molar-refractivity contribution in [3.63, 3.8) is 0 Å². The maximum absolute atomic E-state index is 5.86. The molecule has 0 amide bonds. The smallest absolute Gasteiger partial charge is 0.194 e. The van der Waals surface area contributed by atoms with E-state index in [-0.39, 0.29) is 0 Å². The molecule has 0 saturated heterocycles. The number of nitrogens with zero attached hydrogens (tertiary/aromatic N) is 2. The van der Waals surface area contributed by atoms with E-state index in [0.717, 1.165) is 16.4 Å². The van der Waals surface area contributed by atoms with Crippen LogP contribution in [0.1, 0.15) is 0 Å². The molecule has 14 heavy (non-hydrogen) atoms. The summed E-state index contributed by atoms with van der Waals surface area (Å²) in [6, 6.07) is 7.73. The first kappa shape index (κ1) is 7.76. The van der Waals surface area contributed by atoms with Crippen LogP contribution in [0.5, 0.6) is 0 Å². The van der Waals surface area contributed by atoms with Gasteiger partial charge in [-0.05, 0) is 6.07 Å². The summed E-state index contributed by atoms with van der Waals surface area (Å²) in [5.41, 5.74) is 1.40. The molecule has 3 nitrogen and oxygen atoms in total. The van der Waals surface area contributed by atoms with Crippen LogP contribution in [0.25, 0.3) is 21.9 Å². The minimum atomic E-state index is 0.304. The number of benzene rings is 1. The van der Waals surface area contributed by atoms with Crippen molar-refractivity contribution in [1.29, 1.82) is 0 Å². The molecule has 2 aromatic heterocycles. The second-order valence-electron chi connectivity index (χ2n) is 2.98. The van der Waals surface area contributed by atoms with Gasteiger partial charge in [0.1, 0.15) is 5.58 Å². The molecule has 0 aliphatic carbocycles. The lowest BCUT2D eigenvalue weighted by molar-refractivity contribution is 0.665. The van der Waals surface area contributed by atoms with Crippen LogP contribution in [0.15, 0.2) is 34.9 Å². The Kier molecular flexibility index (Phi) is 1.49. The zero-order chi connectivity index (χ0) is 9.54. The van der Waals surface area contributed by atoms with E-state index in [1.54, 1.807) is 6.20 Å². The molecule has 0 fully saturated rings. The SMILES string of the molecule is Clc1nncc2c1oc1ccccc12. The summed E-state index contributed by atoms with van der Waals surface area (Å²) < 4.78 is 5.55. The highest BCUT2D eigenvalue weighted by molar-refractivity contribution is 6.34. The van der Waals surface area contributed by atoms with E-state index in [1.807, 2.05) is 24.3 Å². The molecule has 68 valence electrons. The summed E-state index contributed by atoms with van der Waals surface area (Å²) in [5, 5.41) is 9.74. The van der Waals surface area contributed by atoms with Gasteiger partial charge in [0.25, 0.3) is 0 Å². The van der Waals surface area contributed by atoms with Crippen molar-refractivity contribution in [3.05, 3.63) is 35.6 Å². The van der Waals surface area contributed by atoms with Crippen molar-refractivity contribution in [2.75, 3.05) is 0 Å². The van der Waals surface area contributed by atoms with Gasteiger partial charge in [-0.15, -0.1) is 5.10 Å². The normalized spacial score (nSPS) is 11.2. The fourth-order valence-electron chi connectivity index (χ4n) is 1.53. The van der Waals surface area contributed by atoms with E-state index in [2.05, 4.69) is 10.2 Å². The average molecular weight is 205 g/mol. The lowest BCUT2D eigenvalue weighted by Crippen LogP contribution is -1.79. The maximum Gasteiger partial charge on any atom is 0.194 e. The van der Waals surface area contributed by atoms with E-state index in [0.29, 0.717) is 10.7 Å². The topological polar surface area (TPSA) is 38.9 Å². The molecule has 0 bridgehead atoms. The predicted octanol–water partition coefficient (Wildman–Crippen LogP) is 3.03. The van der Waals surface area contributed by atoms with Crippen molar-refractivity contribution in [2.24, 2.45) is 0 Å². The van der Waals surface area contributed by atoms with E-state index >= 15 is 0 Å². The highest BCUT2D eigenvalue weighted by Crippen LogP contribution is 2.30. The van der Waals surface area contributed by atoms with Crippen molar-refractivity contribution < 1.29 is 4.42 Å². The molecular weight excluding hydrogens is 200 g/mol. The second kappa shape index (κ2) is 2.69. The molecule has 1 aromatic carbocycles. The Labute approximate surface area is 84.3 Å². The molecule has 3 rings (SSSR count). The molecule has 3 aromatic rings. The number of aromatic nitrogens is 2. The number of rotatable bonds is 0. The van der Waals surface area contributed by atoms with Crippen LogP contribution >= 0.6 is 11.6 Å². The number of fused-ring (bicyclic) bond motifs is 3. The van der Waals surface area contributed by atoms with Gasteiger partial charge >= 0.3 is 0 Å². The van der Waals surface area contributed by atoms with Gasteiger partial charge in [-0.1, -0.05) is 29.8 Å². The molecule has 4 heteroatoms. The van der Waals surface area contributed by atoms with Crippen molar-refractivity contribution in [1.82, 2.24) is 10.2 Å². The number of hydrogen-bond donors (Lipinski definition) is 0. The average Bonchev–Trinajstić information content (AvgIpc) is 2.59. The molecule has 0 aliphatic rings. The zero-order valence-electron chi connectivity index (χ0n) is 7.07. The second-order valence-corrected chi connectivity index (χ2v) is 3.33. The van der Waals surface area contributed by atoms with Gasteiger partial charge in [0.2, 0.25) is 0 Å². The molecule has 0 atom stereocenters. The molecule has 0 unspecified atom stereocenters. The summed E-state index contributed by atoms with van der Waals surface area (Å²) in [6.07, 6.45) is 1.66. The number of halogens is 1. The summed E-state index contributed by atoms with van der Waals surface area (Å²) in [6.45, 7) is 0. The Balaban J connectivity index is 2.63. The largest absolute Gasteiger partial charge is 0.453 e. The third kappa shape index (κ3) is 0.930. The first-order valence-corrected chi connectivity index (χ1v) is 4.52. The fraction of sp³-hybridized carbons (Fsp3) is 0. The van der Waals surface area contributed by atoms with Crippen LogP contribution in [-0.4, -0.2) is 10.2 Å². The molecule has 0 saturated carbocycles. The van der Waals surface area contributed by atoms with Gasteiger partial charge in [0.15, 0.2) is 10.7 Å². The Morgan fingerprint density at radius 3 is 2.93 bits per heavy atom. The van der Waals surface area contributed by atoms with E-state index < -0.39 is 0 Å². The van der Waals surface area contributed by atoms with Gasteiger partial charge in [-0.2, -0.15) is 5.10 Å². The molecule has 0 radical (unpaired) electrons. The Hall–Kier alpha value is -1.61. The monoisotopic (exact) mass is 204 g/mol. The van der Waals surface area contributed by atoms with Gasteiger partial charge in [-0.3, -0.25) is 0 Å². The minimum Gasteiger partial charge on any atom is -0.453 e. The summed E-state index contributed by atoms with van der Waals surface area (Å²) in [7, 11) is 0. The Morgan fingerprint density at radius 2 is 2.00 bits per heavy atom. The summed E-state index contributed by atoms with van der Waals surface area (Å²) in [4.78, 5) is 0.